The topological polar surface area (TPSA) is 379 Å². The summed E-state index contributed by atoms with van der Waals surface area (Å²) in [6, 6.07) is -1.32. The van der Waals surface area contributed by atoms with Gasteiger partial charge in [0.25, 0.3) is 11.8 Å². The van der Waals surface area contributed by atoms with E-state index in [2.05, 4.69) is 19.0 Å². The summed E-state index contributed by atoms with van der Waals surface area (Å²) in [5, 5.41) is 59.5. The second-order valence-electron chi connectivity index (χ2n) is 19.1. The van der Waals surface area contributed by atoms with Crippen LogP contribution in [0.1, 0.15) is 97.8 Å². The van der Waals surface area contributed by atoms with Crippen LogP contribution in [0, 0.1) is 17.8 Å². The van der Waals surface area contributed by atoms with Crippen molar-refractivity contribution in [1.82, 2.24) is 15.5 Å². The molecule has 17 atom stereocenters. The Morgan fingerprint density at radius 3 is 2.08 bits per heavy atom. The van der Waals surface area contributed by atoms with Gasteiger partial charge < -0.3 is 69.5 Å². The van der Waals surface area contributed by atoms with Crippen LogP contribution in [-0.4, -0.2) is 212 Å². The number of ketones is 1. The Labute approximate surface area is 413 Å². The third-order valence-electron chi connectivity index (χ3n) is 13.9. The first kappa shape index (κ1) is 59.3. The minimum atomic E-state index is -5.40. The zero-order chi connectivity index (χ0) is 52.4. The number of methoxy groups -OCH3 is 1. The average molecular weight is 1060 g/mol. The number of likely N-dealkylation sites (tertiary alicyclic amines) is 1. The molecule has 71 heavy (non-hydrogen) atoms. The molecule has 3 saturated heterocycles. The van der Waals surface area contributed by atoms with Gasteiger partial charge in [0.15, 0.2) is 18.7 Å². The van der Waals surface area contributed by atoms with E-state index < -0.39 is 150 Å². The summed E-state index contributed by atoms with van der Waals surface area (Å²) >= 11 is 0. The number of nitrogens with one attached hydrogen (secondary N) is 2. The number of nitrogens with zero attached hydrogens (tertiary/aromatic N) is 1. The first-order valence-electron chi connectivity index (χ1n) is 24.2. The van der Waals surface area contributed by atoms with Crippen LogP contribution in [0.4, 0.5) is 0 Å². The highest BCUT2D eigenvalue weighted by molar-refractivity contribution is 7.81. The van der Waals surface area contributed by atoms with Crippen LogP contribution in [0.25, 0.3) is 0 Å². The summed E-state index contributed by atoms with van der Waals surface area (Å²) in [6.07, 6.45) is -14.9. The van der Waals surface area contributed by atoms with Crippen LogP contribution in [-0.2, 0) is 76.8 Å². The zero-order valence-corrected chi connectivity index (χ0v) is 42.0. The van der Waals surface area contributed by atoms with Crippen LogP contribution in [0.2, 0.25) is 0 Å². The van der Waals surface area contributed by atoms with Gasteiger partial charge in [-0.1, -0.05) is 45.4 Å². The molecule has 410 valence electrons. The van der Waals surface area contributed by atoms with Gasteiger partial charge in [-0.3, -0.25) is 28.3 Å². The van der Waals surface area contributed by atoms with E-state index in [1.54, 1.807) is 11.8 Å². The van der Waals surface area contributed by atoms with Gasteiger partial charge in [-0.15, -0.1) is 0 Å². The van der Waals surface area contributed by atoms with Crippen molar-refractivity contribution in [2.24, 2.45) is 17.8 Å². The molecule has 0 aromatic carbocycles. The molecule has 3 amide bonds. The summed E-state index contributed by atoms with van der Waals surface area (Å²) in [7, 11) is -9.66. The monoisotopic (exact) mass is 1060 g/mol. The number of carbonyl (C=O) groups is 4. The van der Waals surface area contributed by atoms with Gasteiger partial charge in [-0.2, -0.15) is 16.8 Å². The summed E-state index contributed by atoms with van der Waals surface area (Å²) in [5.74, 6) is -3.75. The number of rotatable bonds is 25. The van der Waals surface area contributed by atoms with Crippen molar-refractivity contribution < 1.29 is 107 Å². The molecule has 6 unspecified atom stereocenters. The van der Waals surface area contributed by atoms with E-state index in [4.69, 9.17) is 28.4 Å². The van der Waals surface area contributed by atoms with E-state index in [-0.39, 0.29) is 49.8 Å². The van der Waals surface area contributed by atoms with E-state index in [1.165, 1.54) is 13.8 Å². The highest BCUT2D eigenvalue weighted by Crippen LogP contribution is 2.41. The van der Waals surface area contributed by atoms with Crippen LogP contribution in [0.3, 0.4) is 0 Å². The van der Waals surface area contributed by atoms with Crippen molar-refractivity contribution in [3.05, 3.63) is 0 Å². The fourth-order valence-electron chi connectivity index (χ4n) is 10.0. The van der Waals surface area contributed by atoms with E-state index >= 15 is 0 Å². The number of carbonyl (C=O) groups excluding carboxylic acids is 4. The summed E-state index contributed by atoms with van der Waals surface area (Å²) in [5.41, 5.74) is 0. The highest BCUT2D eigenvalue weighted by Gasteiger charge is 2.53. The predicted molar refractivity (Wildman–Crippen MR) is 241 cm³/mol. The lowest BCUT2D eigenvalue weighted by Crippen LogP contribution is -2.67. The Balaban J connectivity index is 1.40. The lowest BCUT2D eigenvalue weighted by atomic mass is 9.74. The molecule has 3 heterocycles. The summed E-state index contributed by atoms with van der Waals surface area (Å²) in [4.78, 5) is 55.8. The average Bonchev–Trinajstić information content (AvgIpc) is 3.28. The maximum Gasteiger partial charge on any atom is 0.398 e. The zero-order valence-electron chi connectivity index (χ0n) is 40.3. The van der Waals surface area contributed by atoms with Crippen LogP contribution < -0.4 is 10.6 Å². The predicted octanol–water partition coefficient (Wildman–Crippen LogP) is -1.95. The van der Waals surface area contributed by atoms with Gasteiger partial charge in [0.2, 0.25) is 5.91 Å². The summed E-state index contributed by atoms with van der Waals surface area (Å²) < 4.78 is 110. The molecule has 5 rings (SSSR count). The Bertz CT molecular complexity index is 1980. The molecule has 0 spiro atoms. The second-order valence-corrected chi connectivity index (χ2v) is 21.2. The number of Topliss-reactive ketones (excluding diaryl/α,β-unsaturated/α-hetero) is 1. The molecule has 5 fully saturated rings. The van der Waals surface area contributed by atoms with Gasteiger partial charge in [0, 0.05) is 46.0 Å². The standard InChI is InChI=1S/C43H73N3O23S2/c1-5-25-18-26(27(49)13-9-14-44-40(54)38(69-71(59,60)61)31(21-62-4)68-70(56,57)58)19-28(37(25)67-43-36(53)35(52)33(50)22(2)63-43)65-42-32(45-23(3)48)39(34(51)30(20-47)66-42)64-29(41(55)46-15-10-16-46)17-24-11-7-6-8-12-24/h22,24-26,28-39,42-43,47,50-53H,5-21H2,1-4H3,(H,44,54)(H,45,48)(H,56,57,58)(H,59,60,61)/t22?,25-,26?,28-,29+,30+,31+,32?,33-,34+,35+,36?,37?,38+,39?,42-,43+/m1/s1. The molecule has 0 radical (unpaired) electrons. The Morgan fingerprint density at radius 2 is 1.51 bits per heavy atom. The molecular weight excluding hydrogens is 991 g/mol. The van der Waals surface area contributed by atoms with Crippen molar-refractivity contribution in [1.29, 1.82) is 0 Å². The van der Waals surface area contributed by atoms with E-state index in [0.717, 1.165) is 45.6 Å². The van der Waals surface area contributed by atoms with E-state index in [9.17, 15) is 70.7 Å². The molecule has 0 bridgehead atoms. The number of aliphatic hydroxyl groups excluding tert-OH is 5. The lowest BCUT2D eigenvalue weighted by Gasteiger charge is -2.49. The van der Waals surface area contributed by atoms with Crippen LogP contribution in [0.5, 0.6) is 0 Å². The smallest absolute Gasteiger partial charge is 0.394 e. The van der Waals surface area contributed by atoms with Crippen LogP contribution >= 0.6 is 0 Å². The number of hydrogen-bond acceptors (Lipinski definition) is 21. The van der Waals surface area contributed by atoms with Crippen molar-refractivity contribution in [2.45, 2.75) is 190 Å². The molecule has 9 N–H and O–H groups in total. The minimum absolute atomic E-state index is 0.0835. The van der Waals surface area contributed by atoms with E-state index in [0.29, 0.717) is 25.9 Å². The lowest BCUT2D eigenvalue weighted by molar-refractivity contribution is -0.338. The van der Waals surface area contributed by atoms with Gasteiger partial charge in [0.05, 0.1) is 31.5 Å². The number of ether oxygens (including phenoxy) is 6. The first-order valence-corrected chi connectivity index (χ1v) is 26.9. The maximum absolute atomic E-state index is 14.1. The highest BCUT2D eigenvalue weighted by atomic mass is 32.3. The Hall–Kier alpha value is -2.62. The fourth-order valence-corrected chi connectivity index (χ4v) is 11.0. The van der Waals surface area contributed by atoms with Crippen molar-refractivity contribution in [2.75, 3.05) is 40.0 Å². The van der Waals surface area contributed by atoms with Gasteiger partial charge in [-0.25, -0.2) is 8.37 Å². The molecule has 0 aromatic rings. The third-order valence-corrected chi connectivity index (χ3v) is 14.8. The van der Waals surface area contributed by atoms with Crippen molar-refractivity contribution >= 4 is 44.3 Å². The molecule has 5 aliphatic rings. The number of hydrogen-bond donors (Lipinski definition) is 9. The summed E-state index contributed by atoms with van der Waals surface area (Å²) in [6.45, 7) is 3.66. The molecule has 2 saturated carbocycles. The van der Waals surface area contributed by atoms with Gasteiger partial charge in [-0.05, 0) is 50.9 Å². The third kappa shape index (κ3) is 16.7. The SMILES string of the molecule is CC[C@@H]1CC(C(=O)CCCNC(=O)[C@@H](OS(=O)(=O)O)[C@H](COC)OS(=O)(=O)O)C[C@@H](O[C@@H]2O[C@@H](CO)[C@H](O)C(O[C@@H](CC3CCCCC3)C(=O)N3CCC3)C2NC(C)=O)C1O[C@@H]1OC(C)[C@@H](O)[C@H](O)C1O. The number of aliphatic hydroxyl groups is 5. The fraction of sp³-hybridized carbons (Fsp3) is 0.907. The van der Waals surface area contributed by atoms with Crippen molar-refractivity contribution in [3.63, 3.8) is 0 Å². The number of amides is 3. The Morgan fingerprint density at radius 1 is 0.831 bits per heavy atom. The van der Waals surface area contributed by atoms with Gasteiger partial charge >= 0.3 is 20.8 Å². The first-order chi connectivity index (χ1) is 33.4. The quantitative estimate of drug-likeness (QED) is 0.0354. The molecular formula is C43H73N3O23S2. The van der Waals surface area contributed by atoms with E-state index in [1.807, 2.05) is 0 Å². The second kappa shape index (κ2) is 26.7. The normalized spacial score (nSPS) is 34.4. The van der Waals surface area contributed by atoms with Crippen LogP contribution in [0.15, 0.2) is 0 Å². The molecule has 28 heteroatoms. The maximum atomic E-state index is 14.1. The Kier molecular flexibility index (Phi) is 22.3. The van der Waals surface area contributed by atoms with Gasteiger partial charge in [0.1, 0.15) is 60.7 Å². The van der Waals surface area contributed by atoms with Crippen molar-refractivity contribution in [3.8, 4) is 0 Å². The minimum Gasteiger partial charge on any atom is -0.394 e. The molecule has 0 aromatic heterocycles. The largest absolute Gasteiger partial charge is 0.398 e. The molecule has 2 aliphatic carbocycles. The molecule has 26 nitrogen and oxygen atoms in total. The molecule has 3 aliphatic heterocycles.